The molecule has 0 aliphatic heterocycles. The van der Waals surface area contributed by atoms with Crippen LogP contribution >= 0.6 is 15.9 Å². The Bertz CT molecular complexity index is 546. The van der Waals surface area contributed by atoms with Gasteiger partial charge in [-0.25, -0.2) is 4.98 Å². The molecule has 0 atom stereocenters. The van der Waals surface area contributed by atoms with Crippen molar-refractivity contribution >= 4 is 21.8 Å². The molecule has 0 spiro atoms. The summed E-state index contributed by atoms with van der Waals surface area (Å²) in [5.74, 6) is 3.51. The number of halogens is 1. The lowest BCUT2D eigenvalue weighted by Gasteiger charge is -2.56. The first-order chi connectivity index (χ1) is 10.1. The van der Waals surface area contributed by atoms with Gasteiger partial charge in [0.1, 0.15) is 4.60 Å². The first-order valence-corrected chi connectivity index (χ1v) is 8.80. The lowest BCUT2D eigenvalue weighted by atomic mass is 9.54. The number of carbonyl (C=O) groups is 1. The van der Waals surface area contributed by atoms with Crippen LogP contribution in [0.1, 0.15) is 42.5 Å². The van der Waals surface area contributed by atoms with Crippen molar-refractivity contribution < 1.29 is 4.79 Å². The van der Waals surface area contributed by atoms with Crippen molar-refractivity contribution in [1.82, 2.24) is 9.88 Å². The Balaban J connectivity index is 1.57. The quantitative estimate of drug-likeness (QED) is 0.762. The van der Waals surface area contributed by atoms with Crippen LogP contribution in [0, 0.1) is 23.7 Å². The van der Waals surface area contributed by atoms with Gasteiger partial charge in [0, 0.05) is 24.8 Å². The predicted octanol–water partition coefficient (Wildman–Crippen LogP) is 3.74. The Morgan fingerprint density at radius 3 is 2.38 bits per heavy atom. The highest BCUT2D eigenvalue weighted by atomic mass is 79.9. The molecule has 0 aromatic carbocycles. The van der Waals surface area contributed by atoms with E-state index in [2.05, 4.69) is 20.9 Å². The lowest BCUT2D eigenvalue weighted by molar-refractivity contribution is -0.0491. The Labute approximate surface area is 134 Å². The maximum absolute atomic E-state index is 12.8. The second-order valence-electron chi connectivity index (χ2n) is 7.20. The van der Waals surface area contributed by atoms with E-state index in [4.69, 9.17) is 0 Å². The van der Waals surface area contributed by atoms with Crippen LogP contribution in [-0.2, 0) is 0 Å². The molecule has 4 heteroatoms. The van der Waals surface area contributed by atoms with Gasteiger partial charge in [-0.1, -0.05) is 0 Å². The van der Waals surface area contributed by atoms with Gasteiger partial charge in [-0.05, 0) is 83.8 Å². The number of hydrogen-bond donors (Lipinski definition) is 0. The number of nitrogens with zero attached hydrogens (tertiary/aromatic N) is 2. The van der Waals surface area contributed by atoms with Gasteiger partial charge in [-0.2, -0.15) is 0 Å². The fraction of sp³-hybridized carbons (Fsp3) is 0.647. The molecular formula is C17H21BrN2O. The Morgan fingerprint density at radius 1 is 1.19 bits per heavy atom. The molecule has 5 rings (SSSR count). The topological polar surface area (TPSA) is 33.2 Å². The van der Waals surface area contributed by atoms with Crippen LogP contribution in [0.15, 0.2) is 22.9 Å². The number of carbonyl (C=O) groups excluding carboxylic acids is 1. The fourth-order valence-corrected chi connectivity index (χ4v) is 5.77. The van der Waals surface area contributed by atoms with Crippen LogP contribution in [0.3, 0.4) is 0 Å². The van der Waals surface area contributed by atoms with Gasteiger partial charge in [-0.3, -0.25) is 4.79 Å². The van der Waals surface area contributed by atoms with Crippen molar-refractivity contribution in [2.75, 3.05) is 7.05 Å². The summed E-state index contributed by atoms with van der Waals surface area (Å²) in [5, 5.41) is 0. The van der Waals surface area contributed by atoms with Gasteiger partial charge in [0.15, 0.2) is 0 Å². The summed E-state index contributed by atoms with van der Waals surface area (Å²) >= 11 is 3.36. The summed E-state index contributed by atoms with van der Waals surface area (Å²) in [6.45, 7) is 0. The maximum Gasteiger partial charge on any atom is 0.254 e. The Kier molecular flexibility index (Phi) is 3.32. The molecule has 4 aliphatic rings. The second-order valence-corrected chi connectivity index (χ2v) is 8.02. The number of pyridine rings is 1. The molecule has 1 aromatic rings. The number of rotatable bonds is 2. The van der Waals surface area contributed by atoms with Crippen molar-refractivity contribution in [2.24, 2.45) is 23.7 Å². The molecule has 4 fully saturated rings. The van der Waals surface area contributed by atoms with Crippen molar-refractivity contribution in [3.63, 3.8) is 0 Å². The van der Waals surface area contributed by atoms with Gasteiger partial charge in [-0.15, -0.1) is 0 Å². The van der Waals surface area contributed by atoms with Gasteiger partial charge < -0.3 is 4.90 Å². The molecule has 3 nitrogen and oxygen atoms in total. The van der Waals surface area contributed by atoms with Gasteiger partial charge >= 0.3 is 0 Å². The summed E-state index contributed by atoms with van der Waals surface area (Å²) < 4.78 is 0.729. The third-order valence-corrected chi connectivity index (χ3v) is 6.35. The number of aromatic nitrogens is 1. The molecule has 4 aliphatic carbocycles. The summed E-state index contributed by atoms with van der Waals surface area (Å²) in [7, 11) is 2.00. The largest absolute Gasteiger partial charge is 0.338 e. The van der Waals surface area contributed by atoms with E-state index in [9.17, 15) is 4.79 Å². The smallest absolute Gasteiger partial charge is 0.254 e. The molecule has 1 amide bonds. The van der Waals surface area contributed by atoms with E-state index in [1.165, 1.54) is 32.1 Å². The first kappa shape index (κ1) is 13.7. The van der Waals surface area contributed by atoms with Crippen molar-refractivity contribution in [3.05, 3.63) is 28.5 Å². The summed E-state index contributed by atoms with van der Waals surface area (Å²) in [6, 6.07) is 4.10. The van der Waals surface area contributed by atoms with E-state index < -0.39 is 0 Å². The maximum atomic E-state index is 12.8. The SMILES string of the molecule is CN(C(=O)c1ccnc(Br)c1)C1C2CC3CC(C2)CC1C3. The lowest BCUT2D eigenvalue weighted by Crippen LogP contribution is -2.56. The number of hydrogen-bond acceptors (Lipinski definition) is 2. The van der Waals surface area contributed by atoms with Gasteiger partial charge in [0.05, 0.1) is 0 Å². The molecule has 0 saturated heterocycles. The predicted molar refractivity (Wildman–Crippen MR) is 84.9 cm³/mol. The average molecular weight is 349 g/mol. The zero-order chi connectivity index (χ0) is 14.6. The minimum Gasteiger partial charge on any atom is -0.338 e. The summed E-state index contributed by atoms with van der Waals surface area (Å²) in [5.41, 5.74) is 0.744. The van der Waals surface area contributed by atoms with Crippen LogP contribution in [-0.4, -0.2) is 28.9 Å². The zero-order valence-corrected chi connectivity index (χ0v) is 13.9. The molecule has 112 valence electrons. The normalized spacial score (nSPS) is 36.8. The van der Waals surface area contributed by atoms with Crippen LogP contribution in [0.25, 0.3) is 0 Å². The molecule has 4 bridgehead atoms. The number of amides is 1. The molecule has 0 N–H and O–H groups in total. The summed E-state index contributed by atoms with van der Waals surface area (Å²) in [6.07, 6.45) is 8.52. The van der Waals surface area contributed by atoms with Crippen molar-refractivity contribution in [2.45, 2.75) is 38.1 Å². The first-order valence-electron chi connectivity index (χ1n) is 8.00. The van der Waals surface area contributed by atoms with Crippen LogP contribution in [0.4, 0.5) is 0 Å². The van der Waals surface area contributed by atoms with Crippen LogP contribution in [0.2, 0.25) is 0 Å². The molecule has 0 unspecified atom stereocenters. The minimum absolute atomic E-state index is 0.149. The molecule has 4 saturated carbocycles. The van der Waals surface area contributed by atoms with E-state index >= 15 is 0 Å². The minimum atomic E-state index is 0.149. The average Bonchev–Trinajstić information content (AvgIpc) is 2.45. The van der Waals surface area contributed by atoms with Crippen LogP contribution < -0.4 is 0 Å². The molecule has 21 heavy (non-hydrogen) atoms. The van der Waals surface area contributed by atoms with E-state index in [-0.39, 0.29) is 5.91 Å². The van der Waals surface area contributed by atoms with E-state index in [1.54, 1.807) is 6.20 Å². The molecular weight excluding hydrogens is 328 g/mol. The second kappa shape index (κ2) is 5.08. The highest BCUT2D eigenvalue weighted by Gasteiger charge is 2.50. The zero-order valence-electron chi connectivity index (χ0n) is 12.3. The Morgan fingerprint density at radius 2 is 1.81 bits per heavy atom. The van der Waals surface area contributed by atoms with Crippen molar-refractivity contribution in [3.8, 4) is 0 Å². The standard InChI is InChI=1S/C17H21BrN2O/c1-20(17(21)12-2-3-19-15(18)9-12)16-13-5-10-4-11(7-13)8-14(16)6-10/h2-3,9-11,13-14,16H,4-8H2,1H3. The van der Waals surface area contributed by atoms with Crippen molar-refractivity contribution in [1.29, 1.82) is 0 Å². The summed E-state index contributed by atoms with van der Waals surface area (Å²) in [4.78, 5) is 18.9. The highest BCUT2D eigenvalue weighted by Crippen LogP contribution is 2.55. The van der Waals surface area contributed by atoms with E-state index in [1.807, 2.05) is 24.1 Å². The van der Waals surface area contributed by atoms with Crippen LogP contribution in [0.5, 0.6) is 0 Å². The Hall–Kier alpha value is -0.900. The highest BCUT2D eigenvalue weighted by molar-refractivity contribution is 9.10. The van der Waals surface area contributed by atoms with Gasteiger partial charge in [0.25, 0.3) is 5.91 Å². The molecule has 0 radical (unpaired) electrons. The third kappa shape index (κ3) is 2.32. The van der Waals surface area contributed by atoms with E-state index in [0.717, 1.165) is 33.8 Å². The fourth-order valence-electron chi connectivity index (χ4n) is 5.40. The van der Waals surface area contributed by atoms with E-state index in [0.29, 0.717) is 6.04 Å². The third-order valence-electron chi connectivity index (χ3n) is 5.92. The molecule has 1 heterocycles. The van der Waals surface area contributed by atoms with Gasteiger partial charge in [0.2, 0.25) is 0 Å². The molecule has 1 aromatic heterocycles. The monoisotopic (exact) mass is 348 g/mol.